The summed E-state index contributed by atoms with van der Waals surface area (Å²) in [6.07, 6.45) is 1.46. The van der Waals surface area contributed by atoms with Gasteiger partial charge in [0.2, 0.25) is 0 Å². The minimum atomic E-state index is -0.314. The molecule has 0 amide bonds. The number of nitrogens with zero attached hydrogens (tertiary/aromatic N) is 3. The van der Waals surface area contributed by atoms with Crippen LogP contribution in [0.15, 0.2) is 19.9 Å². The van der Waals surface area contributed by atoms with Crippen LogP contribution in [0.25, 0.3) is 0 Å². The molecular formula is C6H3Br2N3O. The van der Waals surface area contributed by atoms with Crippen molar-refractivity contribution in [2.24, 2.45) is 0 Å². The summed E-state index contributed by atoms with van der Waals surface area (Å²) in [4.78, 5) is 11.3. The SMILES string of the molecule is N#CCn1ncc(Br)c(Br)c1=O. The van der Waals surface area contributed by atoms with Crippen molar-refractivity contribution in [1.82, 2.24) is 9.78 Å². The minimum absolute atomic E-state index is 0.0370. The Balaban J connectivity index is 3.29. The predicted molar refractivity (Wildman–Crippen MR) is 49.5 cm³/mol. The van der Waals surface area contributed by atoms with Gasteiger partial charge in [0.15, 0.2) is 0 Å². The summed E-state index contributed by atoms with van der Waals surface area (Å²) in [5.41, 5.74) is -0.314. The standard InChI is InChI=1S/C6H3Br2N3O/c7-4-3-10-11(2-1-9)6(12)5(4)8/h3H,2H2. The molecule has 0 saturated heterocycles. The van der Waals surface area contributed by atoms with Crippen LogP contribution in [0.2, 0.25) is 0 Å². The number of hydrogen-bond donors (Lipinski definition) is 0. The highest BCUT2D eigenvalue weighted by molar-refractivity contribution is 9.13. The molecule has 12 heavy (non-hydrogen) atoms. The number of hydrogen-bond acceptors (Lipinski definition) is 3. The maximum atomic E-state index is 11.3. The first-order chi connectivity index (χ1) is 5.66. The van der Waals surface area contributed by atoms with Gasteiger partial charge in [0, 0.05) is 0 Å². The lowest BCUT2D eigenvalue weighted by atomic mass is 10.5. The van der Waals surface area contributed by atoms with Crippen molar-refractivity contribution < 1.29 is 0 Å². The molecule has 0 aliphatic carbocycles. The van der Waals surface area contributed by atoms with E-state index in [2.05, 4.69) is 37.0 Å². The largest absolute Gasteiger partial charge is 0.283 e. The molecule has 0 spiro atoms. The molecule has 0 aliphatic heterocycles. The summed E-state index contributed by atoms with van der Waals surface area (Å²) in [5.74, 6) is 0. The molecule has 0 aliphatic rings. The highest BCUT2D eigenvalue weighted by Crippen LogP contribution is 2.16. The lowest BCUT2D eigenvalue weighted by molar-refractivity contribution is 0.652. The van der Waals surface area contributed by atoms with Gasteiger partial charge in [-0.1, -0.05) is 0 Å². The van der Waals surface area contributed by atoms with E-state index in [0.29, 0.717) is 8.95 Å². The maximum Gasteiger partial charge on any atom is 0.283 e. The Hall–Kier alpha value is -0.670. The van der Waals surface area contributed by atoms with Gasteiger partial charge in [0.05, 0.1) is 16.7 Å². The second-order valence-electron chi connectivity index (χ2n) is 1.93. The third-order valence-corrected chi connectivity index (χ3v) is 3.06. The molecule has 0 atom stereocenters. The average Bonchev–Trinajstić information content (AvgIpc) is 2.07. The summed E-state index contributed by atoms with van der Waals surface area (Å²) in [5, 5.41) is 12.1. The van der Waals surface area contributed by atoms with Crippen LogP contribution >= 0.6 is 31.9 Å². The van der Waals surface area contributed by atoms with E-state index in [-0.39, 0.29) is 12.1 Å². The highest BCUT2D eigenvalue weighted by Gasteiger charge is 2.04. The molecule has 1 aromatic rings. The van der Waals surface area contributed by atoms with Crippen LogP contribution in [0.4, 0.5) is 0 Å². The van der Waals surface area contributed by atoms with Crippen LogP contribution in [0, 0.1) is 11.3 Å². The van der Waals surface area contributed by atoms with Crippen LogP contribution in [-0.4, -0.2) is 9.78 Å². The lowest BCUT2D eigenvalue weighted by Gasteiger charge is -1.99. The van der Waals surface area contributed by atoms with Crippen LogP contribution in [0.5, 0.6) is 0 Å². The molecule has 0 aromatic carbocycles. The second-order valence-corrected chi connectivity index (χ2v) is 3.57. The molecule has 0 N–H and O–H groups in total. The molecule has 0 radical (unpaired) electrons. The average molecular weight is 293 g/mol. The molecular weight excluding hydrogens is 290 g/mol. The Kier molecular flexibility index (Phi) is 3.00. The Labute approximate surface area is 85.1 Å². The van der Waals surface area contributed by atoms with Crippen molar-refractivity contribution in [2.45, 2.75) is 6.54 Å². The van der Waals surface area contributed by atoms with Gasteiger partial charge in [-0.2, -0.15) is 10.4 Å². The second kappa shape index (κ2) is 3.83. The minimum Gasteiger partial charge on any atom is -0.266 e. The van der Waals surface area contributed by atoms with E-state index < -0.39 is 0 Å². The van der Waals surface area contributed by atoms with Gasteiger partial charge in [0.25, 0.3) is 5.56 Å². The smallest absolute Gasteiger partial charge is 0.266 e. The summed E-state index contributed by atoms with van der Waals surface area (Å²) in [7, 11) is 0. The van der Waals surface area contributed by atoms with Gasteiger partial charge >= 0.3 is 0 Å². The molecule has 0 fully saturated rings. The molecule has 0 bridgehead atoms. The Bertz CT molecular complexity index is 393. The maximum absolute atomic E-state index is 11.3. The van der Waals surface area contributed by atoms with Crippen molar-refractivity contribution in [3.05, 3.63) is 25.5 Å². The monoisotopic (exact) mass is 291 g/mol. The van der Waals surface area contributed by atoms with E-state index in [1.54, 1.807) is 0 Å². The van der Waals surface area contributed by atoms with E-state index in [1.165, 1.54) is 6.20 Å². The molecule has 0 unspecified atom stereocenters. The van der Waals surface area contributed by atoms with Crippen molar-refractivity contribution in [3.63, 3.8) is 0 Å². The zero-order valence-electron chi connectivity index (χ0n) is 5.79. The fraction of sp³-hybridized carbons (Fsp3) is 0.167. The van der Waals surface area contributed by atoms with Crippen LogP contribution in [0.1, 0.15) is 0 Å². The molecule has 0 saturated carbocycles. The first-order valence-corrected chi connectivity index (χ1v) is 4.53. The number of aromatic nitrogens is 2. The summed E-state index contributed by atoms with van der Waals surface area (Å²) < 4.78 is 2.05. The molecule has 1 rings (SSSR count). The molecule has 6 heteroatoms. The highest BCUT2D eigenvalue weighted by atomic mass is 79.9. The summed E-state index contributed by atoms with van der Waals surface area (Å²) in [6, 6.07) is 1.84. The van der Waals surface area contributed by atoms with Crippen molar-refractivity contribution in [3.8, 4) is 6.07 Å². The predicted octanol–water partition coefficient (Wildman–Crippen LogP) is 1.29. The van der Waals surface area contributed by atoms with Crippen molar-refractivity contribution in [2.75, 3.05) is 0 Å². The van der Waals surface area contributed by atoms with Gasteiger partial charge in [-0.25, -0.2) is 4.68 Å². The van der Waals surface area contributed by atoms with Crippen LogP contribution in [0.3, 0.4) is 0 Å². The van der Waals surface area contributed by atoms with Crippen LogP contribution < -0.4 is 5.56 Å². The Morgan fingerprint density at radius 1 is 1.67 bits per heavy atom. The first-order valence-electron chi connectivity index (χ1n) is 2.95. The van der Waals surface area contributed by atoms with Crippen molar-refractivity contribution in [1.29, 1.82) is 5.26 Å². The summed E-state index contributed by atoms with van der Waals surface area (Å²) in [6.45, 7) is -0.0370. The van der Waals surface area contributed by atoms with E-state index >= 15 is 0 Å². The molecule has 4 nitrogen and oxygen atoms in total. The Morgan fingerprint density at radius 3 is 2.92 bits per heavy atom. The fourth-order valence-electron chi connectivity index (χ4n) is 0.625. The normalized spacial score (nSPS) is 9.42. The van der Waals surface area contributed by atoms with Crippen molar-refractivity contribution >= 4 is 31.9 Å². The van der Waals surface area contributed by atoms with Gasteiger partial charge in [0.1, 0.15) is 11.0 Å². The van der Waals surface area contributed by atoms with E-state index in [1.807, 2.05) is 6.07 Å². The van der Waals surface area contributed by atoms with Crippen LogP contribution in [-0.2, 0) is 6.54 Å². The zero-order valence-corrected chi connectivity index (χ0v) is 8.96. The lowest BCUT2D eigenvalue weighted by Crippen LogP contribution is -2.22. The number of rotatable bonds is 1. The third-order valence-electron chi connectivity index (χ3n) is 1.16. The van der Waals surface area contributed by atoms with Gasteiger partial charge in [-0.15, -0.1) is 0 Å². The topological polar surface area (TPSA) is 58.7 Å². The zero-order chi connectivity index (χ0) is 9.14. The third kappa shape index (κ3) is 1.73. The molecule has 62 valence electrons. The quantitative estimate of drug-likeness (QED) is 0.784. The van der Waals surface area contributed by atoms with E-state index in [4.69, 9.17) is 5.26 Å². The van der Waals surface area contributed by atoms with Gasteiger partial charge in [-0.3, -0.25) is 4.79 Å². The molecule has 1 heterocycles. The molecule has 1 aromatic heterocycles. The Morgan fingerprint density at radius 2 is 2.33 bits per heavy atom. The number of halogens is 2. The van der Waals surface area contributed by atoms with Gasteiger partial charge in [-0.05, 0) is 31.9 Å². The summed E-state index contributed by atoms with van der Waals surface area (Å²) >= 11 is 6.20. The fourth-order valence-corrected chi connectivity index (χ4v) is 1.19. The first kappa shape index (κ1) is 9.42. The van der Waals surface area contributed by atoms with E-state index in [9.17, 15) is 4.79 Å². The van der Waals surface area contributed by atoms with Gasteiger partial charge < -0.3 is 0 Å². The number of nitriles is 1. The van der Waals surface area contributed by atoms with E-state index in [0.717, 1.165) is 4.68 Å².